The number of benzene rings is 1. The van der Waals surface area contributed by atoms with Crippen LogP contribution >= 0.6 is 0 Å². The summed E-state index contributed by atoms with van der Waals surface area (Å²) in [5.41, 5.74) is 5.89. The van der Waals surface area contributed by atoms with Gasteiger partial charge in [0.2, 0.25) is 0 Å². The van der Waals surface area contributed by atoms with Crippen molar-refractivity contribution in [2.75, 3.05) is 24.6 Å². The fraction of sp³-hybridized carbons (Fsp3) is 0.538. The van der Waals surface area contributed by atoms with E-state index in [1.807, 2.05) is 6.92 Å². The molecule has 1 atom stereocenters. The van der Waals surface area contributed by atoms with Crippen molar-refractivity contribution in [2.24, 2.45) is 5.73 Å². The van der Waals surface area contributed by atoms with Gasteiger partial charge in [-0.1, -0.05) is 0 Å². The van der Waals surface area contributed by atoms with Crippen LogP contribution in [0.3, 0.4) is 0 Å². The molecule has 100 valence electrons. The van der Waals surface area contributed by atoms with Gasteiger partial charge >= 0.3 is 0 Å². The lowest BCUT2D eigenvalue weighted by molar-refractivity contribution is 0.0820. The molecular weight excluding hydrogens is 238 g/mol. The SMILES string of the molecule is CC1CN(c2c(F)cc(CN)cc2F)CCCO1. The van der Waals surface area contributed by atoms with E-state index in [9.17, 15) is 8.78 Å². The van der Waals surface area contributed by atoms with Gasteiger partial charge < -0.3 is 15.4 Å². The minimum atomic E-state index is -0.551. The molecule has 1 aliphatic rings. The van der Waals surface area contributed by atoms with E-state index in [2.05, 4.69) is 0 Å². The van der Waals surface area contributed by atoms with Crippen molar-refractivity contribution in [1.29, 1.82) is 0 Å². The quantitative estimate of drug-likeness (QED) is 0.880. The Labute approximate surface area is 106 Å². The molecule has 3 nitrogen and oxygen atoms in total. The molecule has 0 bridgehead atoms. The molecule has 0 radical (unpaired) electrons. The summed E-state index contributed by atoms with van der Waals surface area (Å²) in [7, 11) is 0. The van der Waals surface area contributed by atoms with Crippen LogP contribution in [0.4, 0.5) is 14.5 Å². The Morgan fingerprint density at radius 1 is 1.39 bits per heavy atom. The lowest BCUT2D eigenvalue weighted by atomic mass is 10.1. The van der Waals surface area contributed by atoms with E-state index < -0.39 is 11.6 Å². The van der Waals surface area contributed by atoms with Crippen molar-refractivity contribution in [1.82, 2.24) is 0 Å². The molecule has 0 spiro atoms. The first-order valence-electron chi connectivity index (χ1n) is 6.16. The molecule has 1 aromatic rings. The van der Waals surface area contributed by atoms with Gasteiger partial charge in [0.05, 0.1) is 6.10 Å². The highest BCUT2D eigenvalue weighted by Gasteiger charge is 2.21. The Hall–Kier alpha value is -1.20. The molecule has 1 aliphatic heterocycles. The molecule has 1 unspecified atom stereocenters. The predicted octanol–water partition coefficient (Wildman–Crippen LogP) is 2.04. The van der Waals surface area contributed by atoms with Crippen LogP contribution in [0, 0.1) is 11.6 Å². The summed E-state index contributed by atoms with van der Waals surface area (Å²) in [6.45, 7) is 3.76. The number of halogens is 2. The molecular formula is C13H18F2N2O. The standard InChI is InChI=1S/C13H18F2N2O/c1-9-8-17(3-2-4-18-9)13-11(14)5-10(7-16)6-12(13)15/h5-6,9H,2-4,7-8,16H2,1H3. The van der Waals surface area contributed by atoms with Crippen molar-refractivity contribution in [3.05, 3.63) is 29.3 Å². The molecule has 1 heterocycles. The highest BCUT2D eigenvalue weighted by atomic mass is 19.1. The highest BCUT2D eigenvalue weighted by Crippen LogP contribution is 2.26. The average molecular weight is 256 g/mol. The Morgan fingerprint density at radius 3 is 2.67 bits per heavy atom. The molecule has 5 heteroatoms. The third-order valence-corrected chi connectivity index (χ3v) is 3.08. The van der Waals surface area contributed by atoms with Crippen LogP contribution in [-0.2, 0) is 11.3 Å². The van der Waals surface area contributed by atoms with Gasteiger partial charge in [0.1, 0.15) is 17.3 Å². The van der Waals surface area contributed by atoms with Crippen molar-refractivity contribution >= 4 is 5.69 Å². The Morgan fingerprint density at radius 2 is 2.06 bits per heavy atom. The van der Waals surface area contributed by atoms with Crippen LogP contribution in [0.1, 0.15) is 18.9 Å². The largest absolute Gasteiger partial charge is 0.377 e. The van der Waals surface area contributed by atoms with E-state index in [0.29, 0.717) is 25.3 Å². The van der Waals surface area contributed by atoms with Crippen LogP contribution in [0.2, 0.25) is 0 Å². The second kappa shape index (κ2) is 5.63. The summed E-state index contributed by atoms with van der Waals surface area (Å²) in [4.78, 5) is 1.71. The molecule has 1 saturated heterocycles. The number of nitrogens with two attached hydrogens (primary N) is 1. The first-order chi connectivity index (χ1) is 8.61. The van der Waals surface area contributed by atoms with Gasteiger partial charge in [-0.2, -0.15) is 0 Å². The molecule has 2 N–H and O–H groups in total. The number of hydrogen-bond acceptors (Lipinski definition) is 3. The number of anilines is 1. The number of ether oxygens (including phenoxy) is 1. The second-order valence-electron chi connectivity index (χ2n) is 4.59. The van der Waals surface area contributed by atoms with Gasteiger partial charge in [-0.3, -0.25) is 0 Å². The second-order valence-corrected chi connectivity index (χ2v) is 4.59. The van der Waals surface area contributed by atoms with Crippen molar-refractivity contribution < 1.29 is 13.5 Å². The van der Waals surface area contributed by atoms with E-state index >= 15 is 0 Å². The first kappa shape index (κ1) is 13.2. The summed E-state index contributed by atoms with van der Waals surface area (Å²) < 4.78 is 33.4. The number of nitrogens with zero attached hydrogens (tertiary/aromatic N) is 1. The average Bonchev–Trinajstić information content (AvgIpc) is 2.53. The Bertz CT molecular complexity index is 402. The van der Waals surface area contributed by atoms with Crippen LogP contribution < -0.4 is 10.6 Å². The normalized spacial score (nSPS) is 20.9. The zero-order valence-corrected chi connectivity index (χ0v) is 10.5. The van der Waals surface area contributed by atoms with Crippen molar-refractivity contribution in [2.45, 2.75) is 26.0 Å². The van der Waals surface area contributed by atoms with Crippen molar-refractivity contribution in [3.8, 4) is 0 Å². The zero-order valence-electron chi connectivity index (χ0n) is 10.5. The van der Waals surface area contributed by atoms with Gasteiger partial charge in [-0.05, 0) is 31.0 Å². The Kier molecular flexibility index (Phi) is 4.14. The molecule has 0 aromatic heterocycles. The van der Waals surface area contributed by atoms with E-state index in [1.54, 1.807) is 4.90 Å². The molecule has 0 amide bonds. The number of rotatable bonds is 2. The molecule has 2 rings (SSSR count). The van der Waals surface area contributed by atoms with Crippen LogP contribution in [-0.4, -0.2) is 25.8 Å². The third-order valence-electron chi connectivity index (χ3n) is 3.08. The molecule has 1 fully saturated rings. The molecule has 0 saturated carbocycles. The topological polar surface area (TPSA) is 38.5 Å². The van der Waals surface area contributed by atoms with E-state index in [4.69, 9.17) is 10.5 Å². The minimum Gasteiger partial charge on any atom is -0.377 e. The zero-order chi connectivity index (χ0) is 13.1. The Balaban J connectivity index is 2.31. The molecule has 1 aromatic carbocycles. The van der Waals surface area contributed by atoms with Crippen LogP contribution in [0.5, 0.6) is 0 Å². The van der Waals surface area contributed by atoms with Crippen molar-refractivity contribution in [3.63, 3.8) is 0 Å². The van der Waals surface area contributed by atoms with Gasteiger partial charge in [0.15, 0.2) is 0 Å². The molecule has 0 aliphatic carbocycles. The summed E-state index contributed by atoms with van der Waals surface area (Å²) in [5, 5.41) is 0. The number of hydrogen-bond donors (Lipinski definition) is 1. The maximum absolute atomic E-state index is 14.0. The molecule has 18 heavy (non-hydrogen) atoms. The lowest BCUT2D eigenvalue weighted by Gasteiger charge is -2.25. The smallest absolute Gasteiger partial charge is 0.149 e. The fourth-order valence-electron chi connectivity index (χ4n) is 2.24. The maximum Gasteiger partial charge on any atom is 0.149 e. The summed E-state index contributed by atoms with van der Waals surface area (Å²) in [5.74, 6) is -1.10. The summed E-state index contributed by atoms with van der Waals surface area (Å²) in [6, 6.07) is 2.60. The van der Waals surface area contributed by atoms with E-state index in [1.165, 1.54) is 12.1 Å². The van der Waals surface area contributed by atoms with Gasteiger partial charge in [0, 0.05) is 26.2 Å². The van der Waals surface area contributed by atoms with Crippen LogP contribution in [0.15, 0.2) is 12.1 Å². The third kappa shape index (κ3) is 2.79. The minimum absolute atomic E-state index is 0.0273. The van der Waals surface area contributed by atoms with E-state index in [-0.39, 0.29) is 18.3 Å². The summed E-state index contributed by atoms with van der Waals surface area (Å²) >= 11 is 0. The summed E-state index contributed by atoms with van der Waals surface area (Å²) in [6.07, 6.45) is 0.738. The lowest BCUT2D eigenvalue weighted by Crippen LogP contribution is -2.31. The maximum atomic E-state index is 14.0. The monoisotopic (exact) mass is 256 g/mol. The van der Waals surface area contributed by atoms with Crippen LogP contribution in [0.25, 0.3) is 0 Å². The van der Waals surface area contributed by atoms with E-state index in [0.717, 1.165) is 6.42 Å². The van der Waals surface area contributed by atoms with Gasteiger partial charge in [-0.25, -0.2) is 8.78 Å². The highest BCUT2D eigenvalue weighted by molar-refractivity contribution is 5.51. The fourth-order valence-corrected chi connectivity index (χ4v) is 2.24. The predicted molar refractivity (Wildman–Crippen MR) is 66.5 cm³/mol. The van der Waals surface area contributed by atoms with Gasteiger partial charge in [-0.15, -0.1) is 0 Å². The van der Waals surface area contributed by atoms with Gasteiger partial charge in [0.25, 0.3) is 0 Å². The first-order valence-corrected chi connectivity index (χ1v) is 6.16.